The molecular weight excluding hydrogens is 334 g/mol. The highest BCUT2D eigenvalue weighted by Gasteiger charge is 2.20. The molecular formula is C23H35N3O. The van der Waals surface area contributed by atoms with Gasteiger partial charge >= 0.3 is 0 Å². The summed E-state index contributed by atoms with van der Waals surface area (Å²) in [6.45, 7) is 3.97. The van der Waals surface area contributed by atoms with Crippen molar-refractivity contribution in [2.45, 2.75) is 84.1 Å². The normalized spacial score (nSPS) is 15.3. The highest BCUT2D eigenvalue weighted by Crippen LogP contribution is 2.23. The van der Waals surface area contributed by atoms with Gasteiger partial charge in [-0.15, -0.1) is 0 Å². The van der Waals surface area contributed by atoms with E-state index in [2.05, 4.69) is 41.1 Å². The third kappa shape index (κ3) is 5.57. The molecule has 148 valence electrons. The van der Waals surface area contributed by atoms with Gasteiger partial charge in [-0.3, -0.25) is 4.79 Å². The van der Waals surface area contributed by atoms with Crippen LogP contribution < -0.4 is 5.32 Å². The van der Waals surface area contributed by atoms with E-state index in [1.165, 1.54) is 56.9 Å². The molecule has 1 N–H and O–H groups in total. The van der Waals surface area contributed by atoms with Gasteiger partial charge in [0, 0.05) is 25.4 Å². The maximum atomic E-state index is 12.4. The number of hydrogen-bond donors (Lipinski definition) is 1. The van der Waals surface area contributed by atoms with Crippen molar-refractivity contribution in [1.29, 1.82) is 0 Å². The van der Waals surface area contributed by atoms with Gasteiger partial charge in [-0.25, -0.2) is 4.98 Å². The predicted octanol–water partition coefficient (Wildman–Crippen LogP) is 5.25. The molecule has 3 rings (SSSR count). The van der Waals surface area contributed by atoms with Crippen molar-refractivity contribution in [1.82, 2.24) is 14.9 Å². The van der Waals surface area contributed by atoms with Gasteiger partial charge in [0.15, 0.2) is 0 Å². The van der Waals surface area contributed by atoms with Gasteiger partial charge in [-0.05, 0) is 31.4 Å². The molecule has 0 saturated heterocycles. The van der Waals surface area contributed by atoms with Crippen LogP contribution in [0.5, 0.6) is 0 Å². The van der Waals surface area contributed by atoms with Crippen molar-refractivity contribution < 1.29 is 4.79 Å². The molecule has 0 unspecified atom stereocenters. The summed E-state index contributed by atoms with van der Waals surface area (Å²) < 4.78 is 2.37. The number of carbonyl (C=O) groups is 1. The highest BCUT2D eigenvalue weighted by molar-refractivity contribution is 5.78. The second-order valence-corrected chi connectivity index (χ2v) is 7.96. The van der Waals surface area contributed by atoms with Crippen LogP contribution in [-0.2, 0) is 17.8 Å². The molecule has 1 aromatic carbocycles. The number of fused-ring (bicyclic) bond motifs is 1. The Morgan fingerprint density at radius 2 is 1.89 bits per heavy atom. The number of aromatic nitrogens is 2. The van der Waals surface area contributed by atoms with Crippen molar-refractivity contribution in [3.63, 3.8) is 0 Å². The van der Waals surface area contributed by atoms with Crippen molar-refractivity contribution in [3.05, 3.63) is 30.1 Å². The molecule has 0 radical (unpaired) electrons. The molecule has 4 heteroatoms. The maximum Gasteiger partial charge on any atom is 0.223 e. The van der Waals surface area contributed by atoms with Crippen molar-refractivity contribution in [2.75, 3.05) is 6.54 Å². The molecule has 1 aromatic heterocycles. The summed E-state index contributed by atoms with van der Waals surface area (Å²) in [5, 5.41) is 3.16. The molecule has 1 fully saturated rings. The van der Waals surface area contributed by atoms with E-state index in [0.29, 0.717) is 6.54 Å². The smallest absolute Gasteiger partial charge is 0.223 e. The summed E-state index contributed by atoms with van der Waals surface area (Å²) in [4.78, 5) is 17.2. The summed E-state index contributed by atoms with van der Waals surface area (Å²) in [7, 11) is 0. The first kappa shape index (κ1) is 19.9. The number of carbonyl (C=O) groups excluding carboxylic acids is 1. The lowest BCUT2D eigenvalue weighted by atomic mass is 9.89. The second kappa shape index (κ2) is 10.5. The largest absolute Gasteiger partial charge is 0.355 e. The van der Waals surface area contributed by atoms with Crippen LogP contribution >= 0.6 is 0 Å². The Hall–Kier alpha value is -1.84. The van der Waals surface area contributed by atoms with Gasteiger partial charge in [0.05, 0.1) is 11.0 Å². The van der Waals surface area contributed by atoms with Crippen LogP contribution in [0.4, 0.5) is 0 Å². The Morgan fingerprint density at radius 1 is 1.11 bits per heavy atom. The molecule has 0 aliphatic heterocycles. The van der Waals surface area contributed by atoms with E-state index in [9.17, 15) is 4.79 Å². The Bertz CT molecular complexity index is 715. The standard InChI is InChI=1S/C23H35N3O/c1-2-3-4-5-11-18-26-21-15-10-9-14-20(21)25-22(26)16-17-24-23(27)19-12-7-6-8-13-19/h9-10,14-15,19H,2-8,11-13,16-18H2,1H3,(H,24,27). The Morgan fingerprint density at radius 3 is 2.70 bits per heavy atom. The van der Waals surface area contributed by atoms with Crippen LogP contribution in [0.3, 0.4) is 0 Å². The van der Waals surface area contributed by atoms with Crippen LogP contribution in [0.15, 0.2) is 24.3 Å². The van der Waals surface area contributed by atoms with Gasteiger partial charge in [0.25, 0.3) is 0 Å². The molecule has 1 saturated carbocycles. The lowest BCUT2D eigenvalue weighted by Crippen LogP contribution is -2.33. The molecule has 0 spiro atoms. The maximum absolute atomic E-state index is 12.4. The van der Waals surface area contributed by atoms with Crippen LogP contribution in [-0.4, -0.2) is 22.0 Å². The zero-order valence-electron chi connectivity index (χ0n) is 16.9. The average Bonchev–Trinajstić information content (AvgIpc) is 3.06. The third-order valence-corrected chi connectivity index (χ3v) is 5.84. The van der Waals surface area contributed by atoms with E-state index in [1.807, 2.05) is 0 Å². The Labute approximate surface area is 163 Å². The first-order chi connectivity index (χ1) is 13.3. The number of amides is 1. The number of para-hydroxylation sites is 2. The van der Waals surface area contributed by atoms with Gasteiger partial charge in [-0.2, -0.15) is 0 Å². The number of rotatable bonds is 10. The van der Waals surface area contributed by atoms with E-state index >= 15 is 0 Å². The zero-order valence-corrected chi connectivity index (χ0v) is 16.9. The fourth-order valence-electron chi connectivity index (χ4n) is 4.25. The zero-order chi connectivity index (χ0) is 18.9. The fraction of sp³-hybridized carbons (Fsp3) is 0.652. The second-order valence-electron chi connectivity index (χ2n) is 7.96. The van der Waals surface area contributed by atoms with Gasteiger partial charge in [-0.1, -0.05) is 64.0 Å². The number of benzene rings is 1. The first-order valence-electron chi connectivity index (χ1n) is 11.0. The summed E-state index contributed by atoms with van der Waals surface area (Å²) in [5.74, 6) is 1.59. The highest BCUT2D eigenvalue weighted by atomic mass is 16.1. The monoisotopic (exact) mass is 369 g/mol. The number of unbranched alkanes of at least 4 members (excludes halogenated alkanes) is 4. The fourth-order valence-corrected chi connectivity index (χ4v) is 4.25. The predicted molar refractivity (Wildman–Crippen MR) is 112 cm³/mol. The van der Waals surface area contributed by atoms with Crippen LogP contribution in [0.25, 0.3) is 11.0 Å². The van der Waals surface area contributed by atoms with E-state index in [-0.39, 0.29) is 11.8 Å². The summed E-state index contributed by atoms with van der Waals surface area (Å²) in [5.41, 5.74) is 2.29. The molecule has 0 bridgehead atoms. The minimum Gasteiger partial charge on any atom is -0.355 e. The van der Waals surface area contributed by atoms with Crippen LogP contribution in [0.1, 0.15) is 77.0 Å². The third-order valence-electron chi connectivity index (χ3n) is 5.84. The number of nitrogens with zero attached hydrogens (tertiary/aromatic N) is 2. The molecule has 0 atom stereocenters. The SMILES string of the molecule is CCCCCCCn1c(CCNC(=O)C2CCCCC2)nc2ccccc21. The van der Waals surface area contributed by atoms with E-state index < -0.39 is 0 Å². The number of nitrogens with one attached hydrogen (secondary N) is 1. The summed E-state index contributed by atoms with van der Waals surface area (Å²) in [6.07, 6.45) is 13.0. The van der Waals surface area contributed by atoms with Crippen molar-refractivity contribution in [3.8, 4) is 0 Å². The van der Waals surface area contributed by atoms with Gasteiger partial charge < -0.3 is 9.88 Å². The molecule has 1 aliphatic rings. The minimum absolute atomic E-state index is 0.233. The lowest BCUT2D eigenvalue weighted by molar-refractivity contribution is -0.125. The first-order valence-corrected chi connectivity index (χ1v) is 11.0. The molecule has 2 aromatic rings. The Balaban J connectivity index is 1.57. The van der Waals surface area contributed by atoms with E-state index in [4.69, 9.17) is 4.98 Å². The molecule has 27 heavy (non-hydrogen) atoms. The summed E-state index contributed by atoms with van der Waals surface area (Å²) in [6, 6.07) is 8.40. The quantitative estimate of drug-likeness (QED) is 0.582. The molecule has 1 amide bonds. The number of imidazole rings is 1. The van der Waals surface area contributed by atoms with Gasteiger partial charge in [0.2, 0.25) is 5.91 Å². The van der Waals surface area contributed by atoms with E-state index in [0.717, 1.165) is 37.1 Å². The van der Waals surface area contributed by atoms with Crippen molar-refractivity contribution >= 4 is 16.9 Å². The molecule has 1 aliphatic carbocycles. The van der Waals surface area contributed by atoms with E-state index in [1.54, 1.807) is 0 Å². The average molecular weight is 370 g/mol. The Kier molecular flexibility index (Phi) is 7.73. The van der Waals surface area contributed by atoms with Crippen molar-refractivity contribution in [2.24, 2.45) is 5.92 Å². The van der Waals surface area contributed by atoms with Gasteiger partial charge in [0.1, 0.15) is 5.82 Å². The number of aryl methyl sites for hydroxylation is 1. The summed E-state index contributed by atoms with van der Waals surface area (Å²) >= 11 is 0. The molecule has 4 nitrogen and oxygen atoms in total. The van der Waals surface area contributed by atoms with Crippen LogP contribution in [0, 0.1) is 5.92 Å². The molecule has 1 heterocycles. The lowest BCUT2D eigenvalue weighted by Gasteiger charge is -2.20. The number of hydrogen-bond acceptors (Lipinski definition) is 2. The minimum atomic E-state index is 0.233. The topological polar surface area (TPSA) is 46.9 Å². The van der Waals surface area contributed by atoms with Crippen LogP contribution in [0.2, 0.25) is 0 Å².